The first-order valence-electron chi connectivity index (χ1n) is 10.0. The van der Waals surface area contributed by atoms with Gasteiger partial charge in [-0.15, -0.1) is 0 Å². The molecule has 31 heavy (non-hydrogen) atoms. The Balaban J connectivity index is 1.72. The Morgan fingerprint density at radius 3 is 2.23 bits per heavy atom. The highest BCUT2D eigenvalue weighted by molar-refractivity contribution is 5.94. The van der Waals surface area contributed by atoms with Crippen molar-refractivity contribution in [3.05, 3.63) is 66.1 Å². The molecule has 160 valence electrons. The zero-order valence-corrected chi connectivity index (χ0v) is 17.4. The van der Waals surface area contributed by atoms with Crippen molar-refractivity contribution in [3.63, 3.8) is 0 Å². The van der Waals surface area contributed by atoms with Crippen LogP contribution in [0, 0.1) is 5.82 Å². The number of carbonyl (C=O) groups is 2. The highest BCUT2D eigenvalue weighted by Gasteiger charge is 2.27. The maximum atomic E-state index is 14.4. The van der Waals surface area contributed by atoms with Gasteiger partial charge >= 0.3 is 0 Å². The van der Waals surface area contributed by atoms with Crippen LogP contribution in [0.3, 0.4) is 0 Å². The third kappa shape index (κ3) is 4.14. The SMILES string of the molecule is COc1ccc(-n2nc(-c3ccccc3F)cc2C(=O)N2CCN(C(C)=O)CC2)cc1. The standard InChI is InChI=1S/C23H23FN4O3/c1-16(29)26-11-13-27(14-12-26)23(30)22-15-21(19-5-3-4-6-20(19)24)25-28(22)17-7-9-18(31-2)10-8-17/h3-10,15H,11-14H2,1-2H3. The lowest BCUT2D eigenvalue weighted by molar-refractivity contribution is -0.130. The molecule has 0 saturated carbocycles. The molecule has 4 rings (SSSR count). The topological polar surface area (TPSA) is 67.7 Å². The number of halogens is 1. The number of benzene rings is 2. The Kier molecular flexibility index (Phi) is 5.70. The minimum absolute atomic E-state index is 0.00258. The van der Waals surface area contributed by atoms with Crippen LogP contribution in [-0.2, 0) is 4.79 Å². The quantitative estimate of drug-likeness (QED) is 0.648. The van der Waals surface area contributed by atoms with E-state index < -0.39 is 5.82 Å². The number of carbonyl (C=O) groups excluding carboxylic acids is 2. The fourth-order valence-electron chi connectivity index (χ4n) is 3.64. The van der Waals surface area contributed by atoms with E-state index in [-0.39, 0.29) is 11.8 Å². The van der Waals surface area contributed by atoms with Crippen LogP contribution in [0.4, 0.5) is 4.39 Å². The largest absolute Gasteiger partial charge is 0.497 e. The molecule has 2 heterocycles. The number of nitrogens with zero attached hydrogens (tertiary/aromatic N) is 4. The van der Waals surface area contributed by atoms with Gasteiger partial charge in [0.05, 0.1) is 18.5 Å². The smallest absolute Gasteiger partial charge is 0.272 e. The number of amides is 2. The predicted octanol–water partition coefficient (Wildman–Crippen LogP) is 2.99. The molecule has 0 radical (unpaired) electrons. The number of piperazine rings is 1. The molecule has 1 fully saturated rings. The molecule has 2 amide bonds. The molecule has 1 aliphatic heterocycles. The van der Waals surface area contributed by atoms with Crippen LogP contribution in [0.25, 0.3) is 16.9 Å². The summed E-state index contributed by atoms with van der Waals surface area (Å²) in [5, 5.41) is 4.55. The second-order valence-corrected chi connectivity index (χ2v) is 7.30. The maximum Gasteiger partial charge on any atom is 0.272 e. The third-order valence-electron chi connectivity index (χ3n) is 5.41. The summed E-state index contributed by atoms with van der Waals surface area (Å²) in [4.78, 5) is 28.4. The van der Waals surface area contributed by atoms with Crippen molar-refractivity contribution < 1.29 is 18.7 Å². The lowest BCUT2D eigenvalue weighted by Gasteiger charge is -2.34. The summed E-state index contributed by atoms with van der Waals surface area (Å²) in [6.07, 6.45) is 0. The molecule has 0 spiro atoms. The lowest BCUT2D eigenvalue weighted by Crippen LogP contribution is -2.50. The van der Waals surface area contributed by atoms with Gasteiger partial charge in [-0.25, -0.2) is 9.07 Å². The molecular weight excluding hydrogens is 399 g/mol. The van der Waals surface area contributed by atoms with Crippen molar-refractivity contribution in [2.75, 3.05) is 33.3 Å². The minimum atomic E-state index is -0.407. The zero-order chi connectivity index (χ0) is 22.0. The van der Waals surface area contributed by atoms with E-state index in [1.165, 1.54) is 17.7 Å². The third-order valence-corrected chi connectivity index (χ3v) is 5.41. The molecular formula is C23H23FN4O3. The van der Waals surface area contributed by atoms with Gasteiger partial charge in [-0.1, -0.05) is 12.1 Å². The van der Waals surface area contributed by atoms with Gasteiger partial charge in [-0.3, -0.25) is 9.59 Å². The van der Waals surface area contributed by atoms with Crippen molar-refractivity contribution in [2.24, 2.45) is 0 Å². The predicted molar refractivity (Wildman–Crippen MR) is 114 cm³/mol. The average molecular weight is 422 g/mol. The Morgan fingerprint density at radius 2 is 1.61 bits per heavy atom. The number of aromatic nitrogens is 2. The van der Waals surface area contributed by atoms with Crippen molar-refractivity contribution in [1.29, 1.82) is 0 Å². The first-order valence-corrected chi connectivity index (χ1v) is 10.0. The molecule has 1 aromatic heterocycles. The Hall–Kier alpha value is -3.68. The average Bonchev–Trinajstić information content (AvgIpc) is 3.24. The van der Waals surface area contributed by atoms with E-state index in [0.29, 0.717) is 54.6 Å². The van der Waals surface area contributed by atoms with E-state index in [4.69, 9.17) is 4.74 Å². The number of ether oxygens (including phenoxy) is 1. The molecule has 0 unspecified atom stereocenters. The Labute approximate surface area is 179 Å². The van der Waals surface area contributed by atoms with Gasteiger partial charge in [-0.2, -0.15) is 5.10 Å². The first kappa shape index (κ1) is 20.6. The van der Waals surface area contributed by atoms with E-state index in [2.05, 4.69) is 5.10 Å². The summed E-state index contributed by atoms with van der Waals surface area (Å²) in [5.74, 6) is 0.0562. The van der Waals surface area contributed by atoms with E-state index in [9.17, 15) is 14.0 Å². The molecule has 8 heteroatoms. The zero-order valence-electron chi connectivity index (χ0n) is 17.4. The summed E-state index contributed by atoms with van der Waals surface area (Å²) in [6, 6.07) is 15.1. The van der Waals surface area contributed by atoms with Gasteiger partial charge in [0.25, 0.3) is 5.91 Å². The Morgan fingerprint density at radius 1 is 0.968 bits per heavy atom. The highest BCUT2D eigenvalue weighted by Crippen LogP contribution is 2.26. The Bertz CT molecular complexity index is 1100. The van der Waals surface area contributed by atoms with E-state index in [0.717, 1.165) is 0 Å². The number of methoxy groups -OCH3 is 1. The van der Waals surface area contributed by atoms with Crippen LogP contribution in [0.2, 0.25) is 0 Å². The van der Waals surface area contributed by atoms with Crippen molar-refractivity contribution >= 4 is 11.8 Å². The molecule has 2 aromatic carbocycles. The fourth-order valence-corrected chi connectivity index (χ4v) is 3.64. The van der Waals surface area contributed by atoms with Crippen LogP contribution >= 0.6 is 0 Å². The molecule has 7 nitrogen and oxygen atoms in total. The van der Waals surface area contributed by atoms with Crippen LogP contribution in [0.15, 0.2) is 54.6 Å². The summed E-state index contributed by atoms with van der Waals surface area (Å²) < 4.78 is 21.1. The van der Waals surface area contributed by atoms with Crippen LogP contribution in [-0.4, -0.2) is 64.7 Å². The first-order chi connectivity index (χ1) is 15.0. The van der Waals surface area contributed by atoms with Gasteiger partial charge < -0.3 is 14.5 Å². The summed E-state index contributed by atoms with van der Waals surface area (Å²) in [7, 11) is 1.58. The summed E-state index contributed by atoms with van der Waals surface area (Å²) in [5.41, 5.74) is 1.69. The molecule has 0 atom stereocenters. The second kappa shape index (κ2) is 8.59. The highest BCUT2D eigenvalue weighted by atomic mass is 19.1. The van der Waals surface area contributed by atoms with Gasteiger partial charge in [-0.05, 0) is 42.5 Å². The van der Waals surface area contributed by atoms with E-state index in [1.807, 2.05) is 0 Å². The van der Waals surface area contributed by atoms with Crippen LogP contribution in [0.1, 0.15) is 17.4 Å². The van der Waals surface area contributed by atoms with Crippen molar-refractivity contribution in [1.82, 2.24) is 19.6 Å². The molecule has 0 N–H and O–H groups in total. The van der Waals surface area contributed by atoms with Crippen molar-refractivity contribution in [3.8, 4) is 22.7 Å². The van der Waals surface area contributed by atoms with E-state index in [1.54, 1.807) is 65.4 Å². The van der Waals surface area contributed by atoms with Crippen molar-refractivity contribution in [2.45, 2.75) is 6.92 Å². The molecule has 1 saturated heterocycles. The summed E-state index contributed by atoms with van der Waals surface area (Å²) in [6.45, 7) is 3.36. The molecule has 3 aromatic rings. The molecule has 0 aliphatic carbocycles. The fraction of sp³-hybridized carbons (Fsp3) is 0.261. The minimum Gasteiger partial charge on any atom is -0.497 e. The number of hydrogen-bond acceptors (Lipinski definition) is 4. The molecule has 1 aliphatic rings. The monoisotopic (exact) mass is 422 g/mol. The van der Waals surface area contributed by atoms with Gasteiger partial charge in [0.2, 0.25) is 5.91 Å². The summed E-state index contributed by atoms with van der Waals surface area (Å²) >= 11 is 0. The lowest BCUT2D eigenvalue weighted by atomic mass is 10.1. The maximum absolute atomic E-state index is 14.4. The van der Waals surface area contributed by atoms with Gasteiger partial charge in [0.15, 0.2) is 0 Å². The van der Waals surface area contributed by atoms with Gasteiger partial charge in [0, 0.05) is 38.7 Å². The number of hydrogen-bond donors (Lipinski definition) is 0. The number of rotatable bonds is 4. The van der Waals surface area contributed by atoms with Gasteiger partial charge in [0.1, 0.15) is 17.3 Å². The normalized spacial score (nSPS) is 13.9. The van der Waals surface area contributed by atoms with E-state index >= 15 is 0 Å². The van der Waals surface area contributed by atoms with Crippen LogP contribution < -0.4 is 4.74 Å². The molecule has 0 bridgehead atoms. The second-order valence-electron chi connectivity index (χ2n) is 7.30. The van der Waals surface area contributed by atoms with Crippen LogP contribution in [0.5, 0.6) is 5.75 Å².